The maximum atomic E-state index is 13.7. The first-order valence-corrected chi connectivity index (χ1v) is 10.1. The molecule has 1 N–H and O–H groups in total. The molecule has 0 saturated heterocycles. The highest BCUT2D eigenvalue weighted by molar-refractivity contribution is 5.97. The van der Waals surface area contributed by atoms with Gasteiger partial charge in [-0.2, -0.15) is 0 Å². The van der Waals surface area contributed by atoms with Gasteiger partial charge in [-0.15, -0.1) is 0 Å². The summed E-state index contributed by atoms with van der Waals surface area (Å²) in [6, 6.07) is 20.8. The minimum absolute atomic E-state index is 0.260. The van der Waals surface area contributed by atoms with E-state index >= 15 is 0 Å². The van der Waals surface area contributed by atoms with Crippen molar-refractivity contribution in [2.24, 2.45) is 0 Å². The fourth-order valence-electron chi connectivity index (χ4n) is 3.17. The summed E-state index contributed by atoms with van der Waals surface area (Å²) in [6.45, 7) is 7.24. The van der Waals surface area contributed by atoms with E-state index in [-0.39, 0.29) is 5.82 Å². The maximum Gasteiger partial charge on any atom is 0.340 e. The Morgan fingerprint density at radius 3 is 2.30 bits per heavy atom. The van der Waals surface area contributed by atoms with E-state index in [1.54, 1.807) is 25.1 Å². The van der Waals surface area contributed by atoms with Crippen molar-refractivity contribution in [3.63, 3.8) is 0 Å². The van der Waals surface area contributed by atoms with Crippen LogP contribution in [0.2, 0.25) is 0 Å². The summed E-state index contributed by atoms with van der Waals surface area (Å²) in [5.41, 5.74) is 4.14. The fraction of sp³-hybridized carbons (Fsp3) is 0.269. The lowest BCUT2D eigenvalue weighted by Gasteiger charge is -2.21. The third kappa shape index (κ3) is 5.93. The minimum Gasteiger partial charge on any atom is -0.456 e. The monoisotopic (exact) mass is 405 g/mol. The van der Waals surface area contributed by atoms with Crippen molar-refractivity contribution in [2.75, 3.05) is 5.32 Å². The number of benzene rings is 3. The second-order valence-electron chi connectivity index (χ2n) is 8.46. The van der Waals surface area contributed by atoms with Crippen LogP contribution in [0, 0.1) is 12.7 Å². The Labute approximate surface area is 177 Å². The number of rotatable bonds is 6. The molecular formula is C26H28FNO2. The van der Waals surface area contributed by atoms with Crippen LogP contribution in [0.1, 0.15) is 47.8 Å². The molecular weight excluding hydrogens is 377 g/mol. The van der Waals surface area contributed by atoms with Gasteiger partial charge >= 0.3 is 5.97 Å². The predicted octanol–water partition coefficient (Wildman–Crippen LogP) is 6.62. The third-order valence-corrected chi connectivity index (χ3v) is 4.68. The van der Waals surface area contributed by atoms with E-state index in [4.69, 9.17) is 4.74 Å². The summed E-state index contributed by atoms with van der Waals surface area (Å²) in [4.78, 5) is 12.8. The van der Waals surface area contributed by atoms with E-state index < -0.39 is 11.6 Å². The van der Waals surface area contributed by atoms with Crippen molar-refractivity contribution in [1.82, 2.24) is 0 Å². The third-order valence-electron chi connectivity index (χ3n) is 4.68. The first-order chi connectivity index (χ1) is 14.2. The summed E-state index contributed by atoms with van der Waals surface area (Å²) in [5.74, 6) is -0.650. The highest BCUT2D eigenvalue weighted by atomic mass is 19.1. The zero-order valence-corrected chi connectivity index (χ0v) is 18.0. The first kappa shape index (κ1) is 21.6. The molecule has 0 heterocycles. The highest BCUT2D eigenvalue weighted by Gasteiger charge is 2.21. The van der Waals surface area contributed by atoms with E-state index in [1.807, 2.05) is 51.1 Å². The van der Waals surface area contributed by atoms with Crippen LogP contribution in [0.5, 0.6) is 0 Å². The van der Waals surface area contributed by atoms with Crippen LogP contribution in [0.4, 0.5) is 15.8 Å². The van der Waals surface area contributed by atoms with Crippen LogP contribution in [-0.4, -0.2) is 11.6 Å². The van der Waals surface area contributed by atoms with Gasteiger partial charge in [-0.05, 0) is 87.6 Å². The summed E-state index contributed by atoms with van der Waals surface area (Å²) in [6.07, 6.45) is 1.75. The number of hydrogen-bond donors (Lipinski definition) is 1. The van der Waals surface area contributed by atoms with Gasteiger partial charge in [0.05, 0.1) is 11.3 Å². The summed E-state index contributed by atoms with van der Waals surface area (Å²) in [5, 5.41) is 3.28. The molecule has 0 aliphatic carbocycles. The van der Waals surface area contributed by atoms with Crippen molar-refractivity contribution in [2.45, 2.75) is 46.1 Å². The van der Waals surface area contributed by atoms with Gasteiger partial charge < -0.3 is 10.1 Å². The van der Waals surface area contributed by atoms with E-state index in [2.05, 4.69) is 17.4 Å². The van der Waals surface area contributed by atoms with Gasteiger partial charge in [-0.3, -0.25) is 0 Å². The molecule has 0 amide bonds. The topological polar surface area (TPSA) is 38.3 Å². The van der Waals surface area contributed by atoms with E-state index in [0.717, 1.165) is 24.1 Å². The molecule has 3 aromatic carbocycles. The zero-order chi connectivity index (χ0) is 21.7. The van der Waals surface area contributed by atoms with Crippen molar-refractivity contribution in [1.29, 1.82) is 0 Å². The Kier molecular flexibility index (Phi) is 6.56. The predicted molar refractivity (Wildman–Crippen MR) is 120 cm³/mol. The molecule has 0 aromatic heterocycles. The van der Waals surface area contributed by atoms with Crippen LogP contribution in [0.3, 0.4) is 0 Å². The van der Waals surface area contributed by atoms with Crippen LogP contribution in [0.25, 0.3) is 0 Å². The lowest BCUT2D eigenvalue weighted by molar-refractivity contribution is 0.00707. The zero-order valence-electron chi connectivity index (χ0n) is 18.0. The van der Waals surface area contributed by atoms with Gasteiger partial charge in [0.25, 0.3) is 0 Å². The quantitative estimate of drug-likeness (QED) is 0.469. The molecule has 0 fully saturated rings. The van der Waals surface area contributed by atoms with Crippen molar-refractivity contribution in [3.05, 3.63) is 94.8 Å². The van der Waals surface area contributed by atoms with Crippen LogP contribution < -0.4 is 5.32 Å². The van der Waals surface area contributed by atoms with Gasteiger partial charge in [0.15, 0.2) is 0 Å². The molecule has 0 saturated carbocycles. The average molecular weight is 406 g/mol. The largest absolute Gasteiger partial charge is 0.456 e. The molecule has 30 heavy (non-hydrogen) atoms. The summed E-state index contributed by atoms with van der Waals surface area (Å²) < 4.78 is 19.2. The number of esters is 1. The van der Waals surface area contributed by atoms with Crippen molar-refractivity contribution in [3.8, 4) is 0 Å². The van der Waals surface area contributed by atoms with Crippen molar-refractivity contribution >= 4 is 17.3 Å². The Morgan fingerprint density at radius 2 is 1.63 bits per heavy atom. The van der Waals surface area contributed by atoms with Gasteiger partial charge in [0, 0.05) is 5.69 Å². The van der Waals surface area contributed by atoms with Crippen molar-refractivity contribution < 1.29 is 13.9 Å². The molecule has 0 aliphatic rings. The molecule has 3 rings (SSSR count). The molecule has 0 bridgehead atoms. The number of hydrogen-bond acceptors (Lipinski definition) is 3. The van der Waals surface area contributed by atoms with E-state index in [0.29, 0.717) is 16.8 Å². The number of nitrogens with one attached hydrogen (secondary N) is 1. The standard InChI is InChI=1S/C26H28FNO2/c1-18-16-21(13-15-23(18)27)28-24-17-20(11-10-19-8-6-5-7-9-19)12-14-22(24)25(29)30-26(2,3)4/h5-9,12-17,28H,10-11H2,1-4H3. The molecule has 0 aliphatic heterocycles. The Balaban J connectivity index is 1.89. The number of carbonyl (C=O) groups excluding carboxylic acids is 1. The second-order valence-corrected chi connectivity index (χ2v) is 8.46. The number of aryl methyl sites for hydroxylation is 3. The number of anilines is 2. The molecule has 0 atom stereocenters. The summed E-state index contributed by atoms with van der Waals surface area (Å²) >= 11 is 0. The summed E-state index contributed by atoms with van der Waals surface area (Å²) in [7, 11) is 0. The molecule has 156 valence electrons. The Morgan fingerprint density at radius 1 is 0.933 bits per heavy atom. The normalized spacial score (nSPS) is 11.2. The number of halogens is 1. The molecule has 0 radical (unpaired) electrons. The van der Waals surface area contributed by atoms with Crippen LogP contribution in [0.15, 0.2) is 66.7 Å². The van der Waals surface area contributed by atoms with Gasteiger partial charge in [0.2, 0.25) is 0 Å². The Hall–Kier alpha value is -3.14. The van der Waals surface area contributed by atoms with Crippen LogP contribution in [-0.2, 0) is 17.6 Å². The molecule has 0 spiro atoms. The minimum atomic E-state index is -0.590. The SMILES string of the molecule is Cc1cc(Nc2cc(CCc3ccccc3)ccc2C(=O)OC(C)(C)C)ccc1F. The maximum absolute atomic E-state index is 13.7. The number of carbonyl (C=O) groups is 1. The number of ether oxygens (including phenoxy) is 1. The van der Waals surface area contributed by atoms with Gasteiger partial charge in [-0.1, -0.05) is 36.4 Å². The first-order valence-electron chi connectivity index (χ1n) is 10.1. The molecule has 3 aromatic rings. The molecule has 3 nitrogen and oxygen atoms in total. The van der Waals surface area contributed by atoms with Gasteiger partial charge in [0.1, 0.15) is 11.4 Å². The van der Waals surface area contributed by atoms with Gasteiger partial charge in [-0.25, -0.2) is 9.18 Å². The fourth-order valence-corrected chi connectivity index (χ4v) is 3.17. The van der Waals surface area contributed by atoms with E-state index in [9.17, 15) is 9.18 Å². The lowest BCUT2D eigenvalue weighted by atomic mass is 10.0. The second kappa shape index (κ2) is 9.12. The average Bonchev–Trinajstić information content (AvgIpc) is 2.69. The van der Waals surface area contributed by atoms with Crippen LogP contribution >= 0.6 is 0 Å². The lowest BCUT2D eigenvalue weighted by Crippen LogP contribution is -2.24. The highest BCUT2D eigenvalue weighted by Crippen LogP contribution is 2.26. The molecule has 0 unspecified atom stereocenters. The molecule has 4 heteroatoms. The smallest absolute Gasteiger partial charge is 0.340 e. The van der Waals surface area contributed by atoms with E-state index in [1.165, 1.54) is 11.6 Å². The Bertz CT molecular complexity index is 1020.